The number of hydrogen-bond donors (Lipinski definition) is 1. The first-order valence-corrected chi connectivity index (χ1v) is 4.24. The van der Waals surface area contributed by atoms with Crippen molar-refractivity contribution >= 4 is 9.04 Å². The summed E-state index contributed by atoms with van der Waals surface area (Å²) in [5.41, 5.74) is 0. The van der Waals surface area contributed by atoms with Crippen molar-refractivity contribution in [3.05, 3.63) is 0 Å². The van der Waals surface area contributed by atoms with Gasteiger partial charge >= 0.3 is 0 Å². The van der Waals surface area contributed by atoms with E-state index in [2.05, 4.69) is 0 Å². The van der Waals surface area contributed by atoms with Gasteiger partial charge in [-0.05, 0) is 13.1 Å². The molecule has 0 aliphatic carbocycles. The van der Waals surface area contributed by atoms with E-state index in [0.717, 1.165) is 0 Å². The van der Waals surface area contributed by atoms with Crippen LogP contribution in [-0.2, 0) is 0 Å². The van der Waals surface area contributed by atoms with Crippen molar-refractivity contribution < 1.29 is 4.80 Å². The maximum Gasteiger partial charge on any atom is 0.166 e. The van der Waals surface area contributed by atoms with E-state index >= 15 is 0 Å². The highest BCUT2D eigenvalue weighted by molar-refractivity contribution is 6.46. The van der Waals surface area contributed by atoms with Crippen LogP contribution in [0.2, 0.25) is 13.1 Å². The highest BCUT2D eigenvalue weighted by atomic mass is 28.3. The minimum atomic E-state index is -1.14. The quantitative estimate of drug-likeness (QED) is 0.463. The van der Waals surface area contributed by atoms with E-state index in [1.165, 1.54) is 0 Å². The minimum Gasteiger partial charge on any atom is -0.435 e. The number of rotatable bonds is 0. The van der Waals surface area contributed by atoms with Crippen LogP contribution < -0.4 is 0 Å². The Kier molecular flexibility index (Phi) is 24.5. The van der Waals surface area contributed by atoms with Crippen LogP contribution in [0.25, 0.3) is 0 Å². The fraction of sp³-hybridized carbons (Fsp3) is 1.00. The van der Waals surface area contributed by atoms with Crippen LogP contribution in [0.15, 0.2) is 0 Å². The zero-order valence-corrected chi connectivity index (χ0v) is 4.18. The van der Waals surface area contributed by atoms with Gasteiger partial charge in [0.15, 0.2) is 9.04 Å². The molecule has 0 aromatic heterocycles. The lowest BCUT2D eigenvalue weighted by atomic mass is 11.9. The second-order valence-corrected chi connectivity index (χ2v) is 3.28. The third-order valence-corrected chi connectivity index (χ3v) is 0. The molecule has 0 fully saturated rings. The Morgan fingerprint density at radius 3 is 1.17 bits per heavy atom. The largest absolute Gasteiger partial charge is 0.435 e. The molecule has 6 heavy (non-hydrogen) atoms. The lowest BCUT2D eigenvalue weighted by molar-refractivity contribution is 0.587. The predicted molar refractivity (Wildman–Crippen MR) is 34.6 cm³/mol. The molecule has 42 valence electrons. The summed E-state index contributed by atoms with van der Waals surface area (Å²) in [6.45, 7) is 3.72. The molecule has 0 spiro atoms. The Balaban J connectivity index is -0.0000000450. The van der Waals surface area contributed by atoms with Crippen LogP contribution in [0.1, 0.15) is 14.9 Å². The molecule has 0 rings (SSSR count). The molecule has 0 aliphatic heterocycles. The molecule has 0 amide bonds. The van der Waals surface area contributed by atoms with Gasteiger partial charge in [-0.3, -0.25) is 0 Å². The van der Waals surface area contributed by atoms with Crippen molar-refractivity contribution in [3.63, 3.8) is 0 Å². The zero-order valence-electron chi connectivity index (χ0n) is 3.02. The summed E-state index contributed by atoms with van der Waals surface area (Å²) < 4.78 is 0. The molecule has 0 radical (unpaired) electrons. The minimum absolute atomic E-state index is 0. The van der Waals surface area contributed by atoms with Crippen molar-refractivity contribution in [2.45, 2.75) is 27.9 Å². The Labute approximate surface area is 42.7 Å². The maximum atomic E-state index is 8.19. The van der Waals surface area contributed by atoms with Crippen molar-refractivity contribution in [2.75, 3.05) is 0 Å². The van der Waals surface area contributed by atoms with Gasteiger partial charge in [0.25, 0.3) is 0 Å². The average molecular weight is 108 g/mol. The normalized spacial score (nSPS) is 6.00. The summed E-state index contributed by atoms with van der Waals surface area (Å²) in [5, 5.41) is 0. The SMILES string of the molecule is C.C.C[SiH](C)O. The van der Waals surface area contributed by atoms with Crippen molar-refractivity contribution in [1.82, 2.24) is 0 Å². The molecular formula is C4H16OSi. The summed E-state index contributed by atoms with van der Waals surface area (Å²) in [6.07, 6.45) is 0. The molecule has 0 aliphatic rings. The van der Waals surface area contributed by atoms with E-state index in [0.29, 0.717) is 0 Å². The Hall–Kier alpha value is 0.177. The number of hydrogen-bond acceptors (Lipinski definition) is 1. The lowest BCUT2D eigenvalue weighted by Gasteiger charge is -1.76. The lowest BCUT2D eigenvalue weighted by Crippen LogP contribution is -1.93. The summed E-state index contributed by atoms with van der Waals surface area (Å²) >= 11 is 0. The fourth-order valence-electron chi connectivity index (χ4n) is 0. The molecule has 0 saturated heterocycles. The Bertz CT molecular complexity index is 12.3. The van der Waals surface area contributed by atoms with Crippen LogP contribution >= 0.6 is 0 Å². The van der Waals surface area contributed by atoms with E-state index < -0.39 is 9.04 Å². The average Bonchev–Trinajstić information content (AvgIpc) is 0.811. The van der Waals surface area contributed by atoms with Gasteiger partial charge in [0.05, 0.1) is 0 Å². The molecule has 0 saturated carbocycles. The van der Waals surface area contributed by atoms with Crippen LogP contribution in [0, 0.1) is 0 Å². The van der Waals surface area contributed by atoms with Gasteiger partial charge in [-0.25, -0.2) is 0 Å². The predicted octanol–water partition coefficient (Wildman–Crippen LogP) is 1.23. The third-order valence-electron chi connectivity index (χ3n) is 0. The van der Waals surface area contributed by atoms with E-state index in [4.69, 9.17) is 4.80 Å². The maximum absolute atomic E-state index is 8.19. The first-order chi connectivity index (χ1) is 1.73. The first-order valence-electron chi connectivity index (χ1n) is 1.41. The second kappa shape index (κ2) is 8.95. The van der Waals surface area contributed by atoms with Crippen molar-refractivity contribution in [3.8, 4) is 0 Å². The van der Waals surface area contributed by atoms with Crippen LogP contribution in [0.5, 0.6) is 0 Å². The monoisotopic (exact) mass is 108 g/mol. The summed E-state index contributed by atoms with van der Waals surface area (Å²) in [6, 6.07) is 0. The van der Waals surface area contributed by atoms with Gasteiger partial charge in [0, 0.05) is 0 Å². The van der Waals surface area contributed by atoms with E-state index in [1.54, 1.807) is 0 Å². The zero-order chi connectivity index (χ0) is 3.58. The van der Waals surface area contributed by atoms with Crippen LogP contribution in [-0.4, -0.2) is 13.8 Å². The fourth-order valence-corrected chi connectivity index (χ4v) is 0. The van der Waals surface area contributed by atoms with Gasteiger partial charge in [-0.2, -0.15) is 0 Å². The van der Waals surface area contributed by atoms with Crippen LogP contribution in [0.3, 0.4) is 0 Å². The molecule has 2 heteroatoms. The van der Waals surface area contributed by atoms with E-state index in [9.17, 15) is 0 Å². The molecule has 0 bridgehead atoms. The molecule has 0 aromatic carbocycles. The molecule has 1 N–H and O–H groups in total. The highest BCUT2D eigenvalue weighted by Crippen LogP contribution is 1.60. The molecule has 0 aromatic rings. The van der Waals surface area contributed by atoms with Gasteiger partial charge in [0.1, 0.15) is 0 Å². The first kappa shape index (κ1) is 16.4. The van der Waals surface area contributed by atoms with Gasteiger partial charge in [-0.15, -0.1) is 0 Å². The summed E-state index contributed by atoms with van der Waals surface area (Å²) in [7, 11) is -1.14. The molecule has 0 unspecified atom stereocenters. The molecular weight excluding hydrogens is 92.1 g/mol. The Morgan fingerprint density at radius 1 is 1.17 bits per heavy atom. The smallest absolute Gasteiger partial charge is 0.166 e. The van der Waals surface area contributed by atoms with Gasteiger partial charge in [-0.1, -0.05) is 14.9 Å². The van der Waals surface area contributed by atoms with Crippen LogP contribution in [0.4, 0.5) is 0 Å². The molecule has 0 atom stereocenters. The van der Waals surface area contributed by atoms with Gasteiger partial charge in [0.2, 0.25) is 0 Å². The summed E-state index contributed by atoms with van der Waals surface area (Å²) in [4.78, 5) is 8.19. The summed E-state index contributed by atoms with van der Waals surface area (Å²) in [5.74, 6) is 0. The molecule has 0 heterocycles. The van der Waals surface area contributed by atoms with Crippen molar-refractivity contribution in [1.29, 1.82) is 0 Å². The topological polar surface area (TPSA) is 20.2 Å². The Morgan fingerprint density at radius 2 is 1.17 bits per heavy atom. The van der Waals surface area contributed by atoms with Crippen molar-refractivity contribution in [2.24, 2.45) is 0 Å². The van der Waals surface area contributed by atoms with Gasteiger partial charge < -0.3 is 4.80 Å². The second-order valence-electron chi connectivity index (χ2n) is 1.09. The third kappa shape index (κ3) is 1350. The standard InChI is InChI=1S/C2H8OSi.2CH4/c1-4(2)3;;/h3-4H,1-2H3;2*1H4. The van der Waals surface area contributed by atoms with E-state index in [1.807, 2.05) is 13.1 Å². The molecule has 1 nitrogen and oxygen atoms in total. The highest BCUT2D eigenvalue weighted by Gasteiger charge is 1.74. The van der Waals surface area contributed by atoms with E-state index in [-0.39, 0.29) is 14.9 Å².